The van der Waals surface area contributed by atoms with Gasteiger partial charge in [-0.1, -0.05) is 246 Å². The number of carbonyl (C=O) groups excluding carboxylic acids is 1. The number of phosphoric ester groups is 1. The van der Waals surface area contributed by atoms with Gasteiger partial charge in [-0.05, 0) is 123 Å². The summed E-state index contributed by atoms with van der Waals surface area (Å²) >= 11 is 0. The topological polar surface area (TPSA) is 162 Å². The molecule has 1 amide bonds. The Balaban J connectivity index is 1.12. The summed E-state index contributed by atoms with van der Waals surface area (Å²) in [4.78, 5) is 27.9. The second-order valence-electron chi connectivity index (χ2n) is 26.9. The minimum Gasteiger partial charge on any atom is -0.862 e. The van der Waals surface area contributed by atoms with E-state index in [-0.39, 0.29) is 37.0 Å². The third-order valence-electron chi connectivity index (χ3n) is 20.1. The van der Waals surface area contributed by atoms with Crippen molar-refractivity contribution in [2.75, 3.05) is 32.8 Å². The molecule has 4 aliphatic rings. The SMILES string of the molecule is CCCCCCCCCCCCC/C=C/[C@@H](O)[C@H](COP(=O)(O)OCCNCCNC(=O)O[C@H]1CC[C@@]2(C)C(=CC[C@H]3[C@@H]4CC[C@H]([C@H](C)CCCC(C)C)[C@@]4(C)CC[C@@H]32)C1)N=C([O-])CCCCCCCCCCCCCCCCC. The number of unbranched alkanes of at least 4 members (excludes halogenated alkanes) is 25. The number of aliphatic hydroxyl groups is 1. The third-order valence-corrected chi connectivity index (χ3v) is 21.0. The van der Waals surface area contributed by atoms with Crippen LogP contribution in [0.3, 0.4) is 0 Å². The lowest BCUT2D eigenvalue weighted by Gasteiger charge is -2.58. The van der Waals surface area contributed by atoms with Gasteiger partial charge in [0.2, 0.25) is 0 Å². The zero-order valence-electron chi connectivity index (χ0n) is 52.8. The van der Waals surface area contributed by atoms with Gasteiger partial charge < -0.3 is 30.5 Å². The van der Waals surface area contributed by atoms with Gasteiger partial charge in [-0.3, -0.25) is 14.0 Å². The van der Waals surface area contributed by atoms with E-state index >= 15 is 0 Å². The van der Waals surface area contributed by atoms with Crippen molar-refractivity contribution in [3.63, 3.8) is 0 Å². The highest BCUT2D eigenvalue weighted by atomic mass is 31.2. The zero-order chi connectivity index (χ0) is 57.9. The first-order valence-corrected chi connectivity index (χ1v) is 35.7. The average molecular weight is 1140 g/mol. The molecule has 4 aliphatic carbocycles. The summed E-state index contributed by atoms with van der Waals surface area (Å²) in [6, 6.07) is -1.03. The molecule has 80 heavy (non-hydrogen) atoms. The smallest absolute Gasteiger partial charge is 0.472 e. The fourth-order valence-corrected chi connectivity index (χ4v) is 15.9. The number of ether oxygens (including phenoxy) is 1. The molecule has 0 heterocycles. The van der Waals surface area contributed by atoms with Crippen LogP contribution in [0, 0.1) is 46.3 Å². The van der Waals surface area contributed by atoms with Crippen LogP contribution in [0.5, 0.6) is 0 Å². The predicted molar refractivity (Wildman–Crippen MR) is 333 cm³/mol. The standard InChI is InChI=1S/C68H126N3O8P/c1-8-10-12-14-16-18-20-22-23-25-27-29-31-33-35-40-65(73)71-63(64(72)39-34-32-30-28-26-24-21-19-17-15-13-11-9-2)54-78-80(75,76)77-52-51-69-49-50-70-66(74)79-58-45-47-67(6)57(53-58)41-42-59-61-44-43-60(56(5)38-36-37-55(3)4)68(61,7)48-46-62(59)67/h34,39,41,55-56,58-64,69,72H,8-33,35-38,40,42-54H2,1-7H3,(H,70,74)(H,71,73)(H,75,76)/p-1/b39-34+/t56-,58+,59+,60-,61+,62+,63+,64-,67+,68-/m1/s1. The van der Waals surface area contributed by atoms with E-state index in [1.807, 2.05) is 6.08 Å². The molecule has 0 bridgehead atoms. The highest BCUT2D eigenvalue weighted by molar-refractivity contribution is 7.47. The molecule has 12 heteroatoms. The second-order valence-corrected chi connectivity index (χ2v) is 28.3. The molecule has 3 fully saturated rings. The van der Waals surface area contributed by atoms with Crippen LogP contribution in [0.4, 0.5) is 4.79 Å². The Hall–Kier alpha value is -1.75. The van der Waals surface area contributed by atoms with Gasteiger partial charge in [-0.25, -0.2) is 9.36 Å². The van der Waals surface area contributed by atoms with Crippen LogP contribution < -0.4 is 15.7 Å². The highest BCUT2D eigenvalue weighted by Gasteiger charge is 2.59. The third kappa shape index (κ3) is 26.7. The monoisotopic (exact) mass is 1140 g/mol. The summed E-state index contributed by atoms with van der Waals surface area (Å²) in [5, 5.41) is 30.3. The molecular weight excluding hydrogens is 1020 g/mol. The first kappa shape index (κ1) is 70.7. The van der Waals surface area contributed by atoms with E-state index in [1.54, 1.807) is 6.08 Å². The summed E-state index contributed by atoms with van der Waals surface area (Å²) in [5.41, 5.74) is 2.18. The van der Waals surface area contributed by atoms with Gasteiger partial charge in [-0.15, -0.1) is 0 Å². The number of aliphatic hydroxyl groups excluding tert-OH is 1. The Bertz CT molecular complexity index is 1780. The molecule has 0 aromatic heterocycles. The molecule has 0 aromatic rings. The molecule has 11 atom stereocenters. The number of allylic oxidation sites excluding steroid dienone is 2. The Morgan fingerprint density at radius 2 is 1.32 bits per heavy atom. The first-order valence-electron chi connectivity index (χ1n) is 34.2. The van der Waals surface area contributed by atoms with Crippen molar-refractivity contribution in [3.05, 3.63) is 23.8 Å². The number of rotatable bonds is 47. The number of aliphatic imine (C=N–C) groups is 1. The number of hydrogen-bond acceptors (Lipinski definition) is 9. The van der Waals surface area contributed by atoms with E-state index in [9.17, 15) is 24.5 Å². The number of amides is 1. The summed E-state index contributed by atoms with van der Waals surface area (Å²) in [5.74, 6) is 4.46. The van der Waals surface area contributed by atoms with Crippen LogP contribution in [0.25, 0.3) is 0 Å². The van der Waals surface area contributed by atoms with Crippen molar-refractivity contribution in [3.8, 4) is 0 Å². The van der Waals surface area contributed by atoms with E-state index in [2.05, 4.69) is 70.2 Å². The molecule has 3 saturated carbocycles. The second kappa shape index (κ2) is 40.5. The summed E-state index contributed by atoms with van der Waals surface area (Å²) < 4.78 is 29.6. The lowest BCUT2D eigenvalue weighted by atomic mass is 9.47. The fraction of sp³-hybridized carbons (Fsp3) is 0.912. The quantitative estimate of drug-likeness (QED) is 0.0153. The number of hydrogen-bond donors (Lipinski definition) is 4. The van der Waals surface area contributed by atoms with Gasteiger partial charge in [0.15, 0.2) is 0 Å². The van der Waals surface area contributed by atoms with Gasteiger partial charge in [0, 0.05) is 26.1 Å². The summed E-state index contributed by atoms with van der Waals surface area (Å²) in [6.45, 7) is 17.4. The maximum absolute atomic E-state index is 13.1. The van der Waals surface area contributed by atoms with Crippen molar-refractivity contribution < 1.29 is 38.3 Å². The van der Waals surface area contributed by atoms with Gasteiger partial charge in [0.1, 0.15) is 12.1 Å². The molecule has 0 aliphatic heterocycles. The van der Waals surface area contributed by atoms with Gasteiger partial charge >= 0.3 is 13.9 Å². The highest BCUT2D eigenvalue weighted by Crippen LogP contribution is 2.67. The van der Waals surface area contributed by atoms with Crippen molar-refractivity contribution in [1.82, 2.24) is 10.6 Å². The molecule has 0 aromatic carbocycles. The summed E-state index contributed by atoms with van der Waals surface area (Å²) in [7, 11) is -4.52. The maximum atomic E-state index is 13.1. The zero-order valence-corrected chi connectivity index (χ0v) is 53.7. The number of nitrogens with zero attached hydrogens (tertiary/aromatic N) is 1. The van der Waals surface area contributed by atoms with Crippen LogP contribution in [0.15, 0.2) is 28.8 Å². The predicted octanol–water partition coefficient (Wildman–Crippen LogP) is 17.9. The van der Waals surface area contributed by atoms with Crippen molar-refractivity contribution in [2.45, 2.75) is 317 Å². The molecule has 0 spiro atoms. The Kier molecular flexibility index (Phi) is 35.8. The largest absolute Gasteiger partial charge is 0.862 e. The van der Waals surface area contributed by atoms with Gasteiger partial charge in [-0.2, -0.15) is 0 Å². The van der Waals surface area contributed by atoms with E-state index < -0.39 is 32.7 Å². The van der Waals surface area contributed by atoms with E-state index in [0.29, 0.717) is 18.5 Å². The number of fused-ring (bicyclic) bond motifs is 5. The molecule has 11 nitrogen and oxygen atoms in total. The van der Waals surface area contributed by atoms with Gasteiger partial charge in [0.05, 0.1) is 19.3 Å². The van der Waals surface area contributed by atoms with Crippen molar-refractivity contribution in [1.29, 1.82) is 0 Å². The van der Waals surface area contributed by atoms with Crippen LogP contribution in [-0.2, 0) is 18.3 Å². The summed E-state index contributed by atoms with van der Waals surface area (Å²) in [6.07, 6.45) is 51.6. The molecule has 466 valence electrons. The van der Waals surface area contributed by atoms with E-state index in [1.165, 1.54) is 192 Å². The molecule has 4 N–H and O–H groups in total. The fourth-order valence-electron chi connectivity index (χ4n) is 15.2. The maximum Gasteiger partial charge on any atom is 0.472 e. The van der Waals surface area contributed by atoms with E-state index in [4.69, 9.17) is 13.8 Å². The number of nitrogens with one attached hydrogen (secondary N) is 2. The number of phosphoric acid groups is 1. The minimum atomic E-state index is -4.52. The molecule has 0 saturated heterocycles. The number of alkyl carbamates (subject to hydrolysis) is 1. The van der Waals surface area contributed by atoms with Gasteiger partial charge in [0.25, 0.3) is 0 Å². The van der Waals surface area contributed by atoms with Crippen molar-refractivity contribution in [2.24, 2.45) is 51.3 Å². The van der Waals surface area contributed by atoms with Crippen LogP contribution in [-0.4, -0.2) is 73.1 Å². The first-order chi connectivity index (χ1) is 38.6. The molecular formula is C68H125N3O8P-. The van der Waals surface area contributed by atoms with E-state index in [0.717, 1.165) is 93.3 Å². The lowest BCUT2D eigenvalue weighted by Crippen LogP contribution is -2.51. The van der Waals surface area contributed by atoms with Crippen molar-refractivity contribution >= 4 is 19.8 Å². The molecule has 0 radical (unpaired) electrons. The van der Waals surface area contributed by atoms with Crippen LogP contribution in [0.1, 0.15) is 299 Å². The number of carbonyl (C=O) groups is 1. The average Bonchev–Trinajstić information content (AvgIpc) is 3.80. The Morgan fingerprint density at radius 3 is 1.93 bits per heavy atom. The Morgan fingerprint density at radius 1 is 0.738 bits per heavy atom. The van der Waals surface area contributed by atoms with Crippen LogP contribution >= 0.6 is 7.82 Å². The molecule has 4 rings (SSSR count). The lowest BCUT2D eigenvalue weighted by molar-refractivity contribution is -0.219. The molecule has 1 unspecified atom stereocenters. The minimum absolute atomic E-state index is 0.116. The normalized spacial score (nSPS) is 25.9. The van der Waals surface area contributed by atoms with Crippen LogP contribution in [0.2, 0.25) is 0 Å². The Labute approximate surface area is 491 Å².